The normalized spacial score (nSPS) is 10.9. The van der Waals surface area contributed by atoms with Crippen LogP contribution < -0.4 is 0 Å². The van der Waals surface area contributed by atoms with Crippen molar-refractivity contribution in [2.45, 2.75) is 13.3 Å². The van der Waals surface area contributed by atoms with Gasteiger partial charge in [-0.2, -0.15) is 5.10 Å². The van der Waals surface area contributed by atoms with Gasteiger partial charge in [-0.25, -0.2) is 4.52 Å². The van der Waals surface area contributed by atoms with E-state index in [4.69, 9.17) is 0 Å². The Morgan fingerprint density at radius 3 is 2.94 bits per heavy atom. The lowest BCUT2D eigenvalue weighted by molar-refractivity contribution is 0.960. The van der Waals surface area contributed by atoms with Crippen LogP contribution in [0.2, 0.25) is 0 Å². The number of aryl methyl sites for hydroxylation is 1. The van der Waals surface area contributed by atoms with Crippen molar-refractivity contribution < 1.29 is 0 Å². The fourth-order valence-electron chi connectivity index (χ4n) is 2.00. The molecule has 0 fully saturated rings. The zero-order valence-corrected chi connectivity index (χ0v) is 9.67. The van der Waals surface area contributed by atoms with Crippen molar-refractivity contribution in [2.75, 3.05) is 0 Å². The predicted molar refractivity (Wildman–Crippen MR) is 67.8 cm³/mol. The molecule has 17 heavy (non-hydrogen) atoms. The van der Waals surface area contributed by atoms with Gasteiger partial charge in [-0.05, 0) is 36.8 Å². The maximum Gasteiger partial charge on any atom is 0.0755 e. The Morgan fingerprint density at radius 2 is 2.06 bits per heavy atom. The summed E-state index contributed by atoms with van der Waals surface area (Å²) >= 11 is 0. The van der Waals surface area contributed by atoms with Crippen molar-refractivity contribution in [1.29, 1.82) is 0 Å². The van der Waals surface area contributed by atoms with Gasteiger partial charge in [0.2, 0.25) is 0 Å². The molecule has 0 aliphatic rings. The Morgan fingerprint density at radius 1 is 1.12 bits per heavy atom. The number of hydrogen-bond donors (Lipinski definition) is 0. The number of nitrogens with zero attached hydrogens (tertiary/aromatic N) is 3. The van der Waals surface area contributed by atoms with Gasteiger partial charge in [-0.1, -0.05) is 13.0 Å². The quantitative estimate of drug-likeness (QED) is 0.668. The summed E-state index contributed by atoms with van der Waals surface area (Å²) in [5.41, 5.74) is 4.34. The highest BCUT2D eigenvalue weighted by atomic mass is 15.2. The molecule has 3 aromatic rings. The Hall–Kier alpha value is -2.16. The molecule has 3 rings (SSSR count). The third kappa shape index (κ3) is 1.69. The molecular weight excluding hydrogens is 210 g/mol. The first-order valence-electron chi connectivity index (χ1n) is 5.77. The molecule has 3 nitrogen and oxygen atoms in total. The highest BCUT2D eigenvalue weighted by Gasteiger charge is 2.05. The van der Waals surface area contributed by atoms with E-state index in [1.807, 2.05) is 35.1 Å². The molecule has 0 radical (unpaired) electrons. The van der Waals surface area contributed by atoms with Gasteiger partial charge in [0.25, 0.3) is 0 Å². The van der Waals surface area contributed by atoms with Gasteiger partial charge in [0.05, 0.1) is 17.4 Å². The molecule has 0 aliphatic heterocycles. The molecule has 3 heterocycles. The van der Waals surface area contributed by atoms with Crippen molar-refractivity contribution in [2.24, 2.45) is 0 Å². The molecule has 0 amide bonds. The molecule has 3 heteroatoms. The smallest absolute Gasteiger partial charge is 0.0755 e. The molecule has 0 aliphatic carbocycles. The van der Waals surface area contributed by atoms with Crippen LogP contribution in [0.15, 0.2) is 48.8 Å². The average Bonchev–Trinajstić information content (AvgIpc) is 2.87. The third-order valence-corrected chi connectivity index (χ3v) is 2.88. The topological polar surface area (TPSA) is 30.2 Å². The summed E-state index contributed by atoms with van der Waals surface area (Å²) in [5.74, 6) is 0. The van der Waals surface area contributed by atoms with Crippen LogP contribution in [0.3, 0.4) is 0 Å². The van der Waals surface area contributed by atoms with Gasteiger partial charge in [0.15, 0.2) is 0 Å². The van der Waals surface area contributed by atoms with E-state index in [0.717, 1.165) is 28.9 Å². The minimum atomic E-state index is 0.955. The summed E-state index contributed by atoms with van der Waals surface area (Å²) in [6, 6.07) is 12.2. The van der Waals surface area contributed by atoms with E-state index in [2.05, 4.69) is 35.2 Å². The second-order valence-electron chi connectivity index (χ2n) is 3.95. The van der Waals surface area contributed by atoms with Crippen LogP contribution in [0.4, 0.5) is 0 Å². The van der Waals surface area contributed by atoms with E-state index in [9.17, 15) is 0 Å². The first-order chi connectivity index (χ1) is 8.38. The summed E-state index contributed by atoms with van der Waals surface area (Å²) in [5, 5.41) is 4.24. The summed E-state index contributed by atoms with van der Waals surface area (Å²) < 4.78 is 1.87. The Balaban J connectivity index is 2.23. The number of fused-ring (bicyclic) bond motifs is 1. The summed E-state index contributed by atoms with van der Waals surface area (Å²) in [6.45, 7) is 2.12. The lowest BCUT2D eigenvalue weighted by Crippen LogP contribution is -1.93. The van der Waals surface area contributed by atoms with Gasteiger partial charge in [0, 0.05) is 17.5 Å². The SMILES string of the molecule is CCc1cccc(-c2cccn3nccc23)n1. The monoisotopic (exact) mass is 223 g/mol. The van der Waals surface area contributed by atoms with Crippen molar-refractivity contribution >= 4 is 5.52 Å². The molecular formula is C14H13N3. The number of aromatic nitrogens is 3. The lowest BCUT2D eigenvalue weighted by atomic mass is 10.1. The largest absolute Gasteiger partial charge is 0.253 e. The van der Waals surface area contributed by atoms with Crippen LogP contribution in [0, 0.1) is 0 Å². The molecule has 0 saturated carbocycles. The van der Waals surface area contributed by atoms with Crippen molar-refractivity contribution in [3.63, 3.8) is 0 Å². The fraction of sp³-hybridized carbons (Fsp3) is 0.143. The van der Waals surface area contributed by atoms with Crippen molar-refractivity contribution in [1.82, 2.24) is 14.6 Å². The Kier molecular flexibility index (Phi) is 2.37. The summed E-state index contributed by atoms with van der Waals surface area (Å²) in [6.07, 6.45) is 4.71. The molecule has 0 aromatic carbocycles. The first kappa shape index (κ1) is 10.0. The van der Waals surface area contributed by atoms with E-state index < -0.39 is 0 Å². The molecule has 0 saturated heterocycles. The fourth-order valence-corrected chi connectivity index (χ4v) is 2.00. The second-order valence-corrected chi connectivity index (χ2v) is 3.95. The van der Waals surface area contributed by atoms with Crippen LogP contribution in [0.25, 0.3) is 16.8 Å². The molecule has 84 valence electrons. The first-order valence-corrected chi connectivity index (χ1v) is 5.77. The van der Waals surface area contributed by atoms with Crippen LogP contribution in [-0.4, -0.2) is 14.6 Å². The van der Waals surface area contributed by atoms with E-state index >= 15 is 0 Å². The van der Waals surface area contributed by atoms with Crippen LogP contribution in [0.5, 0.6) is 0 Å². The lowest BCUT2D eigenvalue weighted by Gasteiger charge is -2.05. The second kappa shape index (κ2) is 4.01. The van der Waals surface area contributed by atoms with E-state index in [1.54, 1.807) is 0 Å². The van der Waals surface area contributed by atoms with Crippen molar-refractivity contribution in [3.8, 4) is 11.3 Å². The van der Waals surface area contributed by atoms with Crippen molar-refractivity contribution in [3.05, 3.63) is 54.5 Å². The minimum absolute atomic E-state index is 0.955. The average molecular weight is 223 g/mol. The molecule has 0 spiro atoms. The predicted octanol–water partition coefficient (Wildman–Crippen LogP) is 2.96. The highest BCUT2D eigenvalue weighted by molar-refractivity contribution is 5.77. The number of rotatable bonds is 2. The number of pyridine rings is 2. The molecule has 0 bridgehead atoms. The maximum absolute atomic E-state index is 4.65. The van der Waals surface area contributed by atoms with Gasteiger partial charge >= 0.3 is 0 Å². The standard InChI is InChI=1S/C14H13N3/c1-2-11-5-3-7-13(16-11)12-6-4-10-17-14(12)8-9-15-17/h3-10H,2H2,1H3. The zero-order chi connectivity index (χ0) is 11.7. The molecule has 0 unspecified atom stereocenters. The minimum Gasteiger partial charge on any atom is -0.253 e. The van der Waals surface area contributed by atoms with Gasteiger partial charge in [-0.3, -0.25) is 4.98 Å². The Bertz CT molecular complexity index is 655. The third-order valence-electron chi connectivity index (χ3n) is 2.88. The van der Waals surface area contributed by atoms with Crippen LogP contribution >= 0.6 is 0 Å². The van der Waals surface area contributed by atoms with Gasteiger partial charge < -0.3 is 0 Å². The van der Waals surface area contributed by atoms with Gasteiger partial charge in [-0.15, -0.1) is 0 Å². The summed E-state index contributed by atoms with van der Waals surface area (Å²) in [4.78, 5) is 4.65. The van der Waals surface area contributed by atoms with E-state index in [-0.39, 0.29) is 0 Å². The maximum atomic E-state index is 4.65. The van der Waals surface area contributed by atoms with Crippen LogP contribution in [-0.2, 0) is 6.42 Å². The zero-order valence-electron chi connectivity index (χ0n) is 9.67. The van der Waals surface area contributed by atoms with Gasteiger partial charge in [0.1, 0.15) is 0 Å². The van der Waals surface area contributed by atoms with E-state index in [1.165, 1.54) is 0 Å². The Labute approximate surface area is 99.7 Å². The molecule has 3 aromatic heterocycles. The number of hydrogen-bond acceptors (Lipinski definition) is 2. The highest BCUT2D eigenvalue weighted by Crippen LogP contribution is 2.22. The van der Waals surface area contributed by atoms with E-state index in [0.29, 0.717) is 0 Å². The molecule has 0 atom stereocenters. The molecule has 0 N–H and O–H groups in total. The van der Waals surface area contributed by atoms with Crippen LogP contribution in [0.1, 0.15) is 12.6 Å². The summed E-state index contributed by atoms with van der Waals surface area (Å²) in [7, 11) is 0.